The van der Waals surface area contributed by atoms with Crippen LogP contribution in [0.1, 0.15) is 16.1 Å². The van der Waals surface area contributed by atoms with Crippen molar-refractivity contribution in [3.05, 3.63) is 66.0 Å². The van der Waals surface area contributed by atoms with E-state index in [9.17, 15) is 18.0 Å². The van der Waals surface area contributed by atoms with Gasteiger partial charge in [0.15, 0.2) is 22.8 Å². The zero-order chi connectivity index (χ0) is 27.7. The number of nitrogens with zero attached hydrogens (tertiary/aromatic N) is 5. The van der Waals surface area contributed by atoms with Crippen LogP contribution in [0.4, 0.5) is 18.9 Å². The normalized spacial score (nSPS) is 14.0. The number of hydrogen-bond donors (Lipinski definition) is 0. The molecule has 9 nitrogen and oxygen atoms in total. The summed E-state index contributed by atoms with van der Waals surface area (Å²) in [7, 11) is 4.49. The van der Waals surface area contributed by atoms with Crippen LogP contribution in [-0.2, 0) is 6.18 Å². The first-order valence-electron chi connectivity index (χ1n) is 12.1. The van der Waals surface area contributed by atoms with Gasteiger partial charge in [-0.05, 0) is 36.4 Å². The molecule has 2 aromatic carbocycles. The predicted molar refractivity (Wildman–Crippen MR) is 138 cm³/mol. The van der Waals surface area contributed by atoms with Gasteiger partial charge in [-0.2, -0.15) is 18.3 Å². The Bertz CT molecular complexity index is 1510. The molecule has 1 aliphatic heterocycles. The van der Waals surface area contributed by atoms with Crippen molar-refractivity contribution >= 4 is 17.2 Å². The molecule has 0 saturated carbocycles. The number of anilines is 1. The molecule has 1 saturated heterocycles. The van der Waals surface area contributed by atoms with E-state index >= 15 is 0 Å². The Hall–Kier alpha value is -4.48. The van der Waals surface area contributed by atoms with Crippen LogP contribution in [0.3, 0.4) is 0 Å². The van der Waals surface area contributed by atoms with Crippen LogP contribution in [-0.4, -0.2) is 72.9 Å². The standard InChI is InChI=1S/C27H26F3N5O4/c1-37-19-6-4-5-18(14-19)33-9-11-34(12-10-33)26(36)20-16-31-35-24(27(28,29)30)15-21(32-25(20)35)17-7-8-22(38-2)23(13-17)39-3/h4-8,13-16H,9-12H2,1-3H3. The molecule has 0 atom stereocenters. The molecular formula is C27H26F3N5O4. The number of halogens is 3. The molecule has 204 valence electrons. The second-order valence-electron chi connectivity index (χ2n) is 8.87. The molecule has 0 radical (unpaired) electrons. The average molecular weight is 542 g/mol. The van der Waals surface area contributed by atoms with Crippen LogP contribution < -0.4 is 19.1 Å². The number of carbonyl (C=O) groups excluding carboxylic acids is 1. The third-order valence-corrected chi connectivity index (χ3v) is 6.66. The van der Waals surface area contributed by atoms with Crippen molar-refractivity contribution < 1.29 is 32.2 Å². The Morgan fingerprint density at radius 1 is 0.897 bits per heavy atom. The summed E-state index contributed by atoms with van der Waals surface area (Å²) < 4.78 is 58.7. The van der Waals surface area contributed by atoms with E-state index in [0.29, 0.717) is 47.8 Å². The smallest absolute Gasteiger partial charge is 0.433 e. The number of hydrogen-bond acceptors (Lipinski definition) is 7. The molecule has 3 heterocycles. The fourth-order valence-electron chi connectivity index (χ4n) is 4.60. The molecular weight excluding hydrogens is 515 g/mol. The third kappa shape index (κ3) is 5.01. The van der Waals surface area contributed by atoms with E-state index in [1.54, 1.807) is 24.1 Å². The van der Waals surface area contributed by atoms with Crippen molar-refractivity contribution in [2.45, 2.75) is 6.18 Å². The molecule has 0 bridgehead atoms. The first kappa shape index (κ1) is 26.1. The van der Waals surface area contributed by atoms with Crippen molar-refractivity contribution in [1.29, 1.82) is 0 Å². The maximum absolute atomic E-state index is 14.1. The van der Waals surface area contributed by atoms with E-state index in [-0.39, 0.29) is 16.9 Å². The van der Waals surface area contributed by atoms with Gasteiger partial charge in [0.2, 0.25) is 0 Å². The fraction of sp³-hybridized carbons (Fsp3) is 0.296. The molecule has 2 aromatic heterocycles. The van der Waals surface area contributed by atoms with E-state index in [2.05, 4.69) is 15.0 Å². The first-order valence-corrected chi connectivity index (χ1v) is 12.1. The van der Waals surface area contributed by atoms with Gasteiger partial charge in [-0.15, -0.1) is 0 Å². The van der Waals surface area contributed by atoms with Crippen molar-refractivity contribution in [1.82, 2.24) is 19.5 Å². The van der Waals surface area contributed by atoms with Gasteiger partial charge >= 0.3 is 6.18 Å². The average Bonchev–Trinajstić information content (AvgIpc) is 3.39. The Morgan fingerprint density at radius 3 is 2.31 bits per heavy atom. The van der Waals surface area contributed by atoms with E-state index < -0.39 is 17.8 Å². The summed E-state index contributed by atoms with van der Waals surface area (Å²) in [6.45, 7) is 1.87. The number of amides is 1. The van der Waals surface area contributed by atoms with Crippen LogP contribution in [0.15, 0.2) is 54.7 Å². The Morgan fingerprint density at radius 2 is 1.64 bits per heavy atom. The highest BCUT2D eigenvalue weighted by Crippen LogP contribution is 2.36. The molecule has 0 aliphatic carbocycles. The lowest BCUT2D eigenvalue weighted by Crippen LogP contribution is -2.48. The van der Waals surface area contributed by atoms with Gasteiger partial charge in [0.1, 0.15) is 11.3 Å². The van der Waals surface area contributed by atoms with Gasteiger partial charge in [0.05, 0.1) is 33.2 Å². The minimum atomic E-state index is -4.73. The monoisotopic (exact) mass is 541 g/mol. The van der Waals surface area contributed by atoms with Crippen LogP contribution in [0.5, 0.6) is 17.2 Å². The molecule has 39 heavy (non-hydrogen) atoms. The first-order chi connectivity index (χ1) is 18.7. The summed E-state index contributed by atoms with van der Waals surface area (Å²) in [5.41, 5.74) is 0.139. The molecule has 1 amide bonds. The molecule has 0 spiro atoms. The number of methoxy groups -OCH3 is 3. The number of benzene rings is 2. The van der Waals surface area contributed by atoms with Crippen LogP contribution in [0.2, 0.25) is 0 Å². The van der Waals surface area contributed by atoms with Crippen LogP contribution in [0.25, 0.3) is 16.9 Å². The number of piperazine rings is 1. The summed E-state index contributed by atoms with van der Waals surface area (Å²) in [5, 5.41) is 3.90. The van der Waals surface area contributed by atoms with E-state index in [0.717, 1.165) is 23.7 Å². The van der Waals surface area contributed by atoms with Crippen molar-refractivity contribution in [2.75, 3.05) is 52.4 Å². The quantitative estimate of drug-likeness (QED) is 0.358. The van der Waals surface area contributed by atoms with E-state index in [1.807, 2.05) is 24.3 Å². The van der Waals surface area contributed by atoms with Gasteiger partial charge in [-0.3, -0.25) is 4.79 Å². The lowest BCUT2D eigenvalue weighted by atomic mass is 10.1. The number of aromatic nitrogens is 3. The van der Waals surface area contributed by atoms with Gasteiger partial charge in [-0.1, -0.05) is 6.07 Å². The fourth-order valence-corrected chi connectivity index (χ4v) is 4.60. The number of rotatable bonds is 6. The minimum Gasteiger partial charge on any atom is -0.497 e. The molecule has 0 N–H and O–H groups in total. The van der Waals surface area contributed by atoms with Crippen LogP contribution in [0, 0.1) is 0 Å². The topological polar surface area (TPSA) is 81.4 Å². The zero-order valence-corrected chi connectivity index (χ0v) is 21.5. The Balaban J connectivity index is 1.47. The highest BCUT2D eigenvalue weighted by atomic mass is 19.4. The Labute approximate surface area is 222 Å². The lowest BCUT2D eigenvalue weighted by Gasteiger charge is -2.36. The molecule has 0 unspecified atom stereocenters. The summed E-state index contributed by atoms with van der Waals surface area (Å²) in [6, 6.07) is 13.2. The summed E-state index contributed by atoms with van der Waals surface area (Å²) in [5.74, 6) is 1.06. The maximum Gasteiger partial charge on any atom is 0.433 e. The van der Waals surface area contributed by atoms with Gasteiger partial charge in [-0.25, -0.2) is 9.50 Å². The predicted octanol–water partition coefficient (Wildman–Crippen LogP) is 4.40. The number of fused-ring (bicyclic) bond motifs is 1. The second-order valence-corrected chi connectivity index (χ2v) is 8.87. The number of alkyl halides is 3. The number of carbonyl (C=O) groups is 1. The van der Waals surface area contributed by atoms with Crippen molar-refractivity contribution in [3.8, 4) is 28.5 Å². The van der Waals surface area contributed by atoms with Crippen molar-refractivity contribution in [3.63, 3.8) is 0 Å². The lowest BCUT2D eigenvalue weighted by molar-refractivity contribution is -0.142. The molecule has 12 heteroatoms. The zero-order valence-electron chi connectivity index (χ0n) is 21.5. The van der Waals surface area contributed by atoms with Gasteiger partial charge in [0.25, 0.3) is 5.91 Å². The summed E-state index contributed by atoms with van der Waals surface area (Å²) in [4.78, 5) is 21.7. The summed E-state index contributed by atoms with van der Waals surface area (Å²) >= 11 is 0. The molecule has 4 aromatic rings. The highest BCUT2D eigenvalue weighted by molar-refractivity contribution is 6.00. The van der Waals surface area contributed by atoms with Gasteiger partial charge < -0.3 is 24.0 Å². The maximum atomic E-state index is 14.1. The summed E-state index contributed by atoms with van der Waals surface area (Å²) in [6.07, 6.45) is -3.59. The largest absolute Gasteiger partial charge is 0.497 e. The van der Waals surface area contributed by atoms with E-state index in [1.165, 1.54) is 20.3 Å². The molecule has 5 rings (SSSR count). The van der Waals surface area contributed by atoms with Crippen molar-refractivity contribution in [2.24, 2.45) is 0 Å². The van der Waals surface area contributed by atoms with E-state index in [4.69, 9.17) is 14.2 Å². The molecule has 1 aliphatic rings. The minimum absolute atomic E-state index is 0.00217. The molecule has 1 fully saturated rings. The number of ether oxygens (including phenoxy) is 3. The third-order valence-electron chi connectivity index (χ3n) is 6.66. The van der Waals surface area contributed by atoms with Crippen LogP contribution >= 0.6 is 0 Å². The highest BCUT2D eigenvalue weighted by Gasteiger charge is 2.36. The SMILES string of the molecule is COc1cccc(N2CCN(C(=O)c3cnn4c(C(F)(F)F)cc(-c5ccc(OC)c(OC)c5)nc34)CC2)c1. The van der Waals surface area contributed by atoms with Gasteiger partial charge in [0, 0.05) is 43.5 Å². The second kappa shape index (κ2) is 10.4. The Kier molecular flexibility index (Phi) is 6.94.